The van der Waals surface area contributed by atoms with E-state index in [1.807, 2.05) is 5.38 Å². The minimum Gasteiger partial charge on any atom is -0.480 e. The Morgan fingerprint density at radius 1 is 1.58 bits per heavy atom. The number of rotatable bonds is 4. The fourth-order valence-electron chi connectivity index (χ4n) is 1.81. The highest BCUT2D eigenvalue weighted by atomic mass is 32.2. The van der Waals surface area contributed by atoms with E-state index in [4.69, 9.17) is 5.11 Å². The van der Waals surface area contributed by atoms with Gasteiger partial charge in [0, 0.05) is 42.6 Å². The predicted molar refractivity (Wildman–Crippen MR) is 74.7 cm³/mol. The lowest BCUT2D eigenvalue weighted by molar-refractivity contribution is -0.141. The number of carbonyl (C=O) groups is 2. The van der Waals surface area contributed by atoms with E-state index >= 15 is 0 Å². The minimum atomic E-state index is -0.942. The van der Waals surface area contributed by atoms with Gasteiger partial charge in [0.1, 0.15) is 6.04 Å². The van der Waals surface area contributed by atoms with E-state index in [1.165, 1.54) is 4.90 Å². The van der Waals surface area contributed by atoms with Crippen LogP contribution in [-0.2, 0) is 11.2 Å². The Bertz CT molecular complexity index is 438. The highest BCUT2D eigenvalue weighted by molar-refractivity contribution is 7.99. The molecule has 104 valence electrons. The van der Waals surface area contributed by atoms with Gasteiger partial charge in [0.2, 0.25) is 0 Å². The number of aliphatic carboxylic acids is 1. The molecule has 1 aliphatic rings. The summed E-state index contributed by atoms with van der Waals surface area (Å²) >= 11 is 3.11. The van der Waals surface area contributed by atoms with E-state index in [-0.39, 0.29) is 6.03 Å². The molecule has 0 saturated carbocycles. The first-order chi connectivity index (χ1) is 9.18. The van der Waals surface area contributed by atoms with Crippen LogP contribution in [0.4, 0.5) is 4.79 Å². The van der Waals surface area contributed by atoms with E-state index in [1.54, 1.807) is 29.3 Å². The summed E-state index contributed by atoms with van der Waals surface area (Å²) in [5.74, 6) is 0.293. The van der Waals surface area contributed by atoms with Crippen molar-refractivity contribution in [2.45, 2.75) is 12.5 Å². The fourth-order valence-corrected chi connectivity index (χ4v) is 3.46. The van der Waals surface area contributed by atoms with Crippen molar-refractivity contribution in [3.05, 3.63) is 16.6 Å². The number of thioether (sulfide) groups is 1. The SMILES string of the molecule is O=C(O)C1CSCCN1C(=O)NCCc1nccs1. The van der Waals surface area contributed by atoms with E-state index in [0.29, 0.717) is 25.3 Å². The summed E-state index contributed by atoms with van der Waals surface area (Å²) in [6.45, 7) is 0.951. The number of nitrogens with zero attached hydrogens (tertiary/aromatic N) is 2. The minimum absolute atomic E-state index is 0.302. The van der Waals surface area contributed by atoms with Gasteiger partial charge >= 0.3 is 12.0 Å². The Kier molecular flexibility index (Phi) is 5.03. The summed E-state index contributed by atoms with van der Waals surface area (Å²) in [6, 6.07) is -1.03. The third-order valence-corrected chi connectivity index (χ3v) is 4.64. The van der Waals surface area contributed by atoms with Crippen LogP contribution in [0.3, 0.4) is 0 Å². The maximum atomic E-state index is 12.0. The van der Waals surface area contributed by atoms with E-state index in [0.717, 1.165) is 10.8 Å². The second-order valence-corrected chi connectivity index (χ2v) is 6.16. The third-order valence-electron chi connectivity index (χ3n) is 2.77. The number of amides is 2. The van der Waals surface area contributed by atoms with Gasteiger partial charge in [0.15, 0.2) is 0 Å². The van der Waals surface area contributed by atoms with Crippen molar-refractivity contribution >= 4 is 35.1 Å². The second-order valence-electron chi connectivity index (χ2n) is 4.03. The first kappa shape index (κ1) is 14.1. The van der Waals surface area contributed by atoms with Crippen LogP contribution < -0.4 is 5.32 Å². The zero-order valence-electron chi connectivity index (χ0n) is 10.2. The molecule has 2 N–H and O–H groups in total. The van der Waals surface area contributed by atoms with Crippen LogP contribution in [-0.4, -0.2) is 57.6 Å². The molecule has 1 unspecified atom stereocenters. The normalized spacial score (nSPS) is 19.2. The van der Waals surface area contributed by atoms with Crippen LogP contribution >= 0.6 is 23.1 Å². The summed E-state index contributed by atoms with van der Waals surface area (Å²) in [4.78, 5) is 28.6. The molecular weight excluding hydrogens is 286 g/mol. The van der Waals surface area contributed by atoms with Crippen LogP contribution in [0.2, 0.25) is 0 Å². The second kappa shape index (κ2) is 6.76. The first-order valence-corrected chi connectivity index (χ1v) is 7.95. The van der Waals surface area contributed by atoms with Crippen LogP contribution in [0.25, 0.3) is 0 Å². The zero-order valence-corrected chi connectivity index (χ0v) is 11.9. The summed E-state index contributed by atoms with van der Waals surface area (Å²) < 4.78 is 0. The average Bonchev–Trinajstić information content (AvgIpc) is 2.91. The largest absolute Gasteiger partial charge is 0.480 e. The van der Waals surface area contributed by atoms with Gasteiger partial charge in [0.05, 0.1) is 5.01 Å². The van der Waals surface area contributed by atoms with Crippen LogP contribution in [0.1, 0.15) is 5.01 Å². The third kappa shape index (κ3) is 3.84. The van der Waals surface area contributed by atoms with Crippen LogP contribution in [0.15, 0.2) is 11.6 Å². The van der Waals surface area contributed by atoms with Gasteiger partial charge in [-0.2, -0.15) is 11.8 Å². The van der Waals surface area contributed by atoms with Crippen molar-refractivity contribution in [3.8, 4) is 0 Å². The number of carboxylic acids is 1. The number of urea groups is 1. The van der Waals surface area contributed by atoms with E-state index < -0.39 is 12.0 Å². The molecule has 6 nitrogen and oxygen atoms in total. The number of hydrogen-bond acceptors (Lipinski definition) is 5. The molecule has 1 fully saturated rings. The smallest absolute Gasteiger partial charge is 0.327 e. The molecule has 1 saturated heterocycles. The van der Waals surface area contributed by atoms with Crippen LogP contribution in [0, 0.1) is 0 Å². The van der Waals surface area contributed by atoms with E-state index in [9.17, 15) is 9.59 Å². The standard InChI is InChI=1S/C11H15N3O3S2/c15-10(16)8-7-18-6-4-14(8)11(17)13-2-1-9-12-3-5-19-9/h3,5,8H,1-2,4,6-7H2,(H,13,17)(H,15,16). The summed E-state index contributed by atoms with van der Waals surface area (Å²) in [5, 5.41) is 14.7. The fraction of sp³-hybridized carbons (Fsp3) is 0.545. The van der Waals surface area contributed by atoms with Gasteiger partial charge < -0.3 is 15.3 Å². The monoisotopic (exact) mass is 301 g/mol. The Balaban J connectivity index is 1.82. The molecule has 0 spiro atoms. The number of thiazole rings is 1. The van der Waals surface area contributed by atoms with E-state index in [2.05, 4.69) is 10.3 Å². The number of nitrogens with one attached hydrogen (secondary N) is 1. The van der Waals surface area contributed by atoms with Crippen molar-refractivity contribution in [1.29, 1.82) is 0 Å². The molecule has 2 amide bonds. The number of carboxylic acid groups (broad SMARTS) is 1. The molecule has 2 rings (SSSR count). The molecule has 0 aromatic carbocycles. The molecule has 1 aromatic heterocycles. The Morgan fingerprint density at radius 3 is 3.11 bits per heavy atom. The maximum Gasteiger partial charge on any atom is 0.327 e. The van der Waals surface area contributed by atoms with Gasteiger partial charge in [-0.3, -0.25) is 0 Å². The van der Waals surface area contributed by atoms with Gasteiger partial charge in [-0.05, 0) is 0 Å². The maximum absolute atomic E-state index is 12.0. The van der Waals surface area contributed by atoms with Gasteiger partial charge in [0.25, 0.3) is 0 Å². The molecule has 8 heteroatoms. The number of carbonyl (C=O) groups excluding carboxylic acids is 1. The number of aromatic nitrogens is 1. The van der Waals surface area contributed by atoms with Crippen molar-refractivity contribution in [1.82, 2.24) is 15.2 Å². The topological polar surface area (TPSA) is 82.5 Å². The lowest BCUT2D eigenvalue weighted by Gasteiger charge is -2.32. The molecule has 1 aromatic rings. The van der Waals surface area contributed by atoms with Gasteiger partial charge in [-0.15, -0.1) is 11.3 Å². The predicted octanol–water partition coefficient (Wildman–Crippen LogP) is 0.897. The van der Waals surface area contributed by atoms with Crippen LogP contribution in [0.5, 0.6) is 0 Å². The lowest BCUT2D eigenvalue weighted by Crippen LogP contribution is -2.54. The quantitative estimate of drug-likeness (QED) is 0.863. The Labute approximate surface area is 119 Å². The summed E-state index contributed by atoms with van der Waals surface area (Å²) in [6.07, 6.45) is 2.40. The highest BCUT2D eigenvalue weighted by Gasteiger charge is 2.32. The molecular formula is C11H15N3O3S2. The Hall–Kier alpha value is -1.28. The molecule has 0 aliphatic carbocycles. The Morgan fingerprint density at radius 2 is 2.42 bits per heavy atom. The number of hydrogen-bond donors (Lipinski definition) is 2. The lowest BCUT2D eigenvalue weighted by atomic mass is 10.3. The van der Waals surface area contributed by atoms with Gasteiger partial charge in [-0.1, -0.05) is 0 Å². The molecule has 2 heterocycles. The van der Waals surface area contributed by atoms with Crippen molar-refractivity contribution in [2.75, 3.05) is 24.6 Å². The molecule has 1 atom stereocenters. The molecule has 0 radical (unpaired) electrons. The highest BCUT2D eigenvalue weighted by Crippen LogP contribution is 2.16. The van der Waals surface area contributed by atoms with Crippen molar-refractivity contribution in [3.63, 3.8) is 0 Å². The summed E-state index contributed by atoms with van der Waals surface area (Å²) in [7, 11) is 0. The van der Waals surface area contributed by atoms with Gasteiger partial charge in [-0.25, -0.2) is 14.6 Å². The molecule has 1 aliphatic heterocycles. The first-order valence-electron chi connectivity index (χ1n) is 5.92. The average molecular weight is 301 g/mol. The summed E-state index contributed by atoms with van der Waals surface area (Å²) in [5.41, 5.74) is 0. The zero-order chi connectivity index (χ0) is 13.7. The van der Waals surface area contributed by atoms with Crippen molar-refractivity contribution < 1.29 is 14.7 Å². The molecule has 19 heavy (non-hydrogen) atoms. The van der Waals surface area contributed by atoms with Crippen molar-refractivity contribution in [2.24, 2.45) is 0 Å². The molecule has 0 bridgehead atoms.